The van der Waals surface area contributed by atoms with E-state index >= 15 is 0 Å². The maximum atomic E-state index is 11.7. The first kappa shape index (κ1) is 7.78. The highest BCUT2D eigenvalue weighted by Crippen LogP contribution is 2.15. The van der Waals surface area contributed by atoms with E-state index in [1.165, 1.54) is 0 Å². The van der Waals surface area contributed by atoms with Crippen LogP contribution in [-0.2, 0) is 0 Å². The summed E-state index contributed by atoms with van der Waals surface area (Å²) in [5.41, 5.74) is 0. The van der Waals surface area contributed by atoms with Crippen LogP contribution in [-0.4, -0.2) is 29.3 Å². The number of aliphatic hydroxyl groups is 2. The summed E-state index contributed by atoms with van der Waals surface area (Å²) in [7, 11) is 0. The third-order valence-electron chi connectivity index (χ3n) is 0.709. The Bertz CT molecular complexity index is 65.1. The molecule has 0 aliphatic heterocycles. The zero-order chi connectivity index (χ0) is 6.62. The molecule has 2 N–H and O–H groups in total. The Balaban J connectivity index is 3.37. The topological polar surface area (TPSA) is 40.5 Å². The van der Waals surface area contributed by atoms with Gasteiger partial charge in [0.05, 0.1) is 0 Å². The molecule has 0 aromatic rings. The molecule has 0 aliphatic rings. The second-order valence-electron chi connectivity index (χ2n) is 1.49. The van der Waals surface area contributed by atoms with Gasteiger partial charge in [0.1, 0.15) is 6.61 Å². The standard InChI is InChI=1S/C4H8F2O2/c5-4(6,3-8)1-2-7/h7-8H,1-3H2. The Labute approximate surface area is 45.8 Å². The first-order valence-electron chi connectivity index (χ1n) is 2.22. The quantitative estimate of drug-likeness (QED) is 0.558. The van der Waals surface area contributed by atoms with Crippen LogP contribution in [0.25, 0.3) is 0 Å². The van der Waals surface area contributed by atoms with Gasteiger partial charge >= 0.3 is 0 Å². The van der Waals surface area contributed by atoms with Crippen LogP contribution >= 0.6 is 0 Å². The van der Waals surface area contributed by atoms with Crippen LogP contribution in [0.1, 0.15) is 6.42 Å². The fourth-order valence-electron chi connectivity index (χ4n) is 0.243. The van der Waals surface area contributed by atoms with Gasteiger partial charge in [-0.05, 0) is 0 Å². The van der Waals surface area contributed by atoms with E-state index in [1.807, 2.05) is 0 Å². The molecule has 0 fully saturated rings. The molecule has 50 valence electrons. The van der Waals surface area contributed by atoms with E-state index in [4.69, 9.17) is 10.2 Å². The molecule has 0 unspecified atom stereocenters. The van der Waals surface area contributed by atoms with Crippen LogP contribution in [0.2, 0.25) is 0 Å². The lowest BCUT2D eigenvalue weighted by molar-refractivity contribution is -0.0652. The molecule has 0 spiro atoms. The van der Waals surface area contributed by atoms with E-state index in [2.05, 4.69) is 0 Å². The van der Waals surface area contributed by atoms with Crippen molar-refractivity contribution in [3.05, 3.63) is 0 Å². The van der Waals surface area contributed by atoms with Crippen molar-refractivity contribution in [1.82, 2.24) is 0 Å². The number of alkyl halides is 2. The Morgan fingerprint density at radius 2 is 1.75 bits per heavy atom. The average Bonchev–Trinajstić information content (AvgIpc) is 1.67. The number of rotatable bonds is 3. The summed E-state index contributed by atoms with van der Waals surface area (Å²) < 4.78 is 23.5. The van der Waals surface area contributed by atoms with Crippen molar-refractivity contribution in [2.75, 3.05) is 13.2 Å². The molecule has 0 saturated carbocycles. The fourth-order valence-corrected chi connectivity index (χ4v) is 0.243. The second kappa shape index (κ2) is 2.94. The SMILES string of the molecule is OCCC(F)(F)CO. The minimum atomic E-state index is -3.10. The molecule has 0 rings (SSSR count). The van der Waals surface area contributed by atoms with E-state index in [0.717, 1.165) is 0 Å². The Morgan fingerprint density at radius 1 is 1.25 bits per heavy atom. The zero-order valence-electron chi connectivity index (χ0n) is 4.27. The number of hydrogen-bond acceptors (Lipinski definition) is 2. The molecular weight excluding hydrogens is 118 g/mol. The molecule has 0 bridgehead atoms. The van der Waals surface area contributed by atoms with E-state index in [1.54, 1.807) is 0 Å². The highest BCUT2D eigenvalue weighted by molar-refractivity contribution is 4.61. The van der Waals surface area contributed by atoms with Gasteiger partial charge in [-0.25, -0.2) is 8.78 Å². The normalized spacial score (nSPS) is 12.0. The molecular formula is C4H8F2O2. The van der Waals surface area contributed by atoms with Crippen LogP contribution < -0.4 is 0 Å². The third kappa shape index (κ3) is 2.87. The molecule has 8 heavy (non-hydrogen) atoms. The van der Waals surface area contributed by atoms with Crippen molar-refractivity contribution < 1.29 is 19.0 Å². The van der Waals surface area contributed by atoms with E-state index < -0.39 is 25.6 Å². The van der Waals surface area contributed by atoms with Crippen LogP contribution in [0.3, 0.4) is 0 Å². The van der Waals surface area contributed by atoms with Crippen LogP contribution in [0, 0.1) is 0 Å². The summed E-state index contributed by atoms with van der Waals surface area (Å²) in [6.07, 6.45) is -0.663. The van der Waals surface area contributed by atoms with Gasteiger partial charge in [0, 0.05) is 13.0 Å². The molecule has 0 amide bonds. The van der Waals surface area contributed by atoms with Gasteiger partial charge in [-0.3, -0.25) is 0 Å². The number of aliphatic hydroxyl groups excluding tert-OH is 2. The summed E-state index contributed by atoms with van der Waals surface area (Å²) in [5.74, 6) is -3.10. The van der Waals surface area contributed by atoms with Gasteiger partial charge in [0.15, 0.2) is 0 Å². The minimum Gasteiger partial charge on any atom is -0.396 e. The summed E-state index contributed by atoms with van der Waals surface area (Å²) in [5, 5.41) is 15.8. The smallest absolute Gasteiger partial charge is 0.272 e. The molecule has 0 radical (unpaired) electrons. The molecule has 0 aliphatic carbocycles. The first-order valence-corrected chi connectivity index (χ1v) is 2.22. The van der Waals surface area contributed by atoms with E-state index in [0.29, 0.717) is 0 Å². The summed E-state index contributed by atoms with van der Waals surface area (Å²) in [6, 6.07) is 0. The summed E-state index contributed by atoms with van der Waals surface area (Å²) in [4.78, 5) is 0. The molecule has 0 aromatic heterocycles. The number of halogens is 2. The minimum absolute atomic E-state index is 0.590. The highest BCUT2D eigenvalue weighted by Gasteiger charge is 2.26. The lowest BCUT2D eigenvalue weighted by atomic mass is 10.3. The predicted molar refractivity (Wildman–Crippen MR) is 23.7 cm³/mol. The van der Waals surface area contributed by atoms with Crippen LogP contribution in [0.15, 0.2) is 0 Å². The first-order chi connectivity index (χ1) is 3.62. The van der Waals surface area contributed by atoms with E-state index in [9.17, 15) is 8.78 Å². The molecule has 0 saturated heterocycles. The predicted octanol–water partition coefficient (Wildman–Crippen LogP) is -0.00360. The Kier molecular flexibility index (Phi) is 2.86. The van der Waals surface area contributed by atoms with Gasteiger partial charge in [-0.2, -0.15) is 0 Å². The van der Waals surface area contributed by atoms with E-state index in [-0.39, 0.29) is 0 Å². The van der Waals surface area contributed by atoms with Crippen molar-refractivity contribution in [1.29, 1.82) is 0 Å². The summed E-state index contributed by atoms with van der Waals surface area (Å²) >= 11 is 0. The molecule has 4 heteroatoms. The monoisotopic (exact) mass is 126 g/mol. The van der Waals surface area contributed by atoms with Crippen LogP contribution in [0.4, 0.5) is 8.78 Å². The van der Waals surface area contributed by atoms with Gasteiger partial charge in [0.25, 0.3) is 5.92 Å². The zero-order valence-corrected chi connectivity index (χ0v) is 4.27. The van der Waals surface area contributed by atoms with Crippen molar-refractivity contribution in [2.24, 2.45) is 0 Å². The van der Waals surface area contributed by atoms with Gasteiger partial charge in [-0.15, -0.1) is 0 Å². The Morgan fingerprint density at radius 3 is 1.88 bits per heavy atom. The molecule has 2 nitrogen and oxygen atoms in total. The number of hydrogen-bond donors (Lipinski definition) is 2. The van der Waals surface area contributed by atoms with Gasteiger partial charge in [0.2, 0.25) is 0 Å². The van der Waals surface area contributed by atoms with Crippen molar-refractivity contribution in [3.63, 3.8) is 0 Å². The van der Waals surface area contributed by atoms with Gasteiger partial charge < -0.3 is 10.2 Å². The largest absolute Gasteiger partial charge is 0.396 e. The summed E-state index contributed by atoms with van der Waals surface area (Å²) in [6.45, 7) is -1.78. The third-order valence-corrected chi connectivity index (χ3v) is 0.709. The highest BCUT2D eigenvalue weighted by atomic mass is 19.3. The van der Waals surface area contributed by atoms with Crippen molar-refractivity contribution in [3.8, 4) is 0 Å². The van der Waals surface area contributed by atoms with Gasteiger partial charge in [-0.1, -0.05) is 0 Å². The lowest BCUT2D eigenvalue weighted by Gasteiger charge is -2.09. The van der Waals surface area contributed by atoms with Crippen molar-refractivity contribution >= 4 is 0 Å². The maximum Gasteiger partial charge on any atom is 0.272 e. The fraction of sp³-hybridized carbons (Fsp3) is 1.00. The average molecular weight is 126 g/mol. The molecule has 0 atom stereocenters. The lowest BCUT2D eigenvalue weighted by Crippen LogP contribution is -2.22. The molecule has 0 heterocycles. The van der Waals surface area contributed by atoms with Crippen LogP contribution in [0.5, 0.6) is 0 Å². The second-order valence-corrected chi connectivity index (χ2v) is 1.49. The van der Waals surface area contributed by atoms with Crippen molar-refractivity contribution in [2.45, 2.75) is 12.3 Å². The Hall–Kier alpha value is -0.220. The maximum absolute atomic E-state index is 11.7. The molecule has 0 aromatic carbocycles.